The van der Waals surface area contributed by atoms with E-state index < -0.39 is 9.84 Å². The highest BCUT2D eigenvalue weighted by Gasteiger charge is 2.13. The van der Waals surface area contributed by atoms with Gasteiger partial charge < -0.3 is 9.88 Å². The van der Waals surface area contributed by atoms with Gasteiger partial charge in [0.1, 0.15) is 12.2 Å². The molecule has 1 rings (SSSR count). The van der Waals surface area contributed by atoms with E-state index in [2.05, 4.69) is 15.5 Å². The van der Waals surface area contributed by atoms with E-state index in [1.54, 1.807) is 17.8 Å². The Morgan fingerprint density at radius 2 is 2.25 bits per heavy atom. The molecule has 1 atom stereocenters. The molecule has 0 spiro atoms. The molecular formula is C9H18N4O2S. The van der Waals surface area contributed by atoms with Gasteiger partial charge >= 0.3 is 0 Å². The Bertz CT molecular complexity index is 426. The minimum absolute atomic E-state index is 0.0818. The molecular weight excluding hydrogens is 228 g/mol. The molecule has 1 N–H and O–H groups in total. The van der Waals surface area contributed by atoms with Crippen molar-refractivity contribution in [1.29, 1.82) is 0 Å². The number of hydrogen-bond acceptors (Lipinski definition) is 5. The van der Waals surface area contributed by atoms with Crippen LogP contribution in [0, 0.1) is 0 Å². The first-order valence-corrected chi connectivity index (χ1v) is 7.03. The monoisotopic (exact) mass is 246 g/mol. The average Bonchev–Trinajstić information content (AvgIpc) is 2.60. The molecule has 1 aromatic rings. The summed E-state index contributed by atoms with van der Waals surface area (Å²) < 4.78 is 24.5. The summed E-state index contributed by atoms with van der Waals surface area (Å²) in [6, 6.07) is -0.0818. The Hall–Kier alpha value is -0.950. The minimum Gasteiger partial charge on any atom is -0.320 e. The zero-order valence-electron chi connectivity index (χ0n) is 9.84. The SMILES string of the molecule is CCS(=O)(=O)CC(C)NCc1nncn1C. The number of nitrogens with one attached hydrogen (secondary N) is 1. The smallest absolute Gasteiger partial charge is 0.151 e. The molecule has 0 bridgehead atoms. The van der Waals surface area contributed by atoms with Gasteiger partial charge in [-0.1, -0.05) is 6.92 Å². The summed E-state index contributed by atoms with van der Waals surface area (Å²) in [4.78, 5) is 0. The van der Waals surface area contributed by atoms with Crippen molar-refractivity contribution in [2.75, 3.05) is 11.5 Å². The molecule has 1 unspecified atom stereocenters. The van der Waals surface area contributed by atoms with E-state index in [0.717, 1.165) is 5.82 Å². The summed E-state index contributed by atoms with van der Waals surface area (Å²) >= 11 is 0. The third kappa shape index (κ3) is 3.90. The number of rotatable bonds is 6. The second-order valence-electron chi connectivity index (χ2n) is 3.84. The van der Waals surface area contributed by atoms with Crippen LogP contribution in [-0.2, 0) is 23.4 Å². The molecule has 1 heterocycles. The summed E-state index contributed by atoms with van der Waals surface area (Å²) in [5.74, 6) is 1.13. The first-order chi connectivity index (χ1) is 7.44. The fourth-order valence-electron chi connectivity index (χ4n) is 1.29. The molecule has 92 valence electrons. The predicted molar refractivity (Wildman–Crippen MR) is 61.6 cm³/mol. The van der Waals surface area contributed by atoms with Gasteiger partial charge in [0.2, 0.25) is 0 Å². The van der Waals surface area contributed by atoms with E-state index in [0.29, 0.717) is 6.54 Å². The lowest BCUT2D eigenvalue weighted by atomic mass is 10.4. The van der Waals surface area contributed by atoms with Crippen LogP contribution < -0.4 is 5.32 Å². The van der Waals surface area contributed by atoms with E-state index in [1.165, 1.54) is 0 Å². The Kier molecular flexibility index (Phi) is 4.43. The fourth-order valence-corrected chi connectivity index (χ4v) is 2.41. The van der Waals surface area contributed by atoms with Crippen molar-refractivity contribution >= 4 is 9.84 Å². The maximum absolute atomic E-state index is 11.4. The second-order valence-corrected chi connectivity index (χ2v) is 6.24. The molecule has 0 aliphatic carbocycles. The number of aromatic nitrogens is 3. The zero-order valence-corrected chi connectivity index (χ0v) is 10.7. The van der Waals surface area contributed by atoms with E-state index in [-0.39, 0.29) is 17.5 Å². The van der Waals surface area contributed by atoms with Crippen LogP contribution in [0.25, 0.3) is 0 Å². The van der Waals surface area contributed by atoms with Crippen LogP contribution in [0.3, 0.4) is 0 Å². The minimum atomic E-state index is -2.93. The number of nitrogens with zero attached hydrogens (tertiary/aromatic N) is 3. The Morgan fingerprint density at radius 3 is 2.75 bits per heavy atom. The lowest BCUT2D eigenvalue weighted by Gasteiger charge is -2.12. The normalized spacial score (nSPS) is 13.9. The Labute approximate surface area is 96.0 Å². The molecule has 0 aliphatic rings. The topological polar surface area (TPSA) is 76.9 Å². The van der Waals surface area contributed by atoms with Crippen molar-refractivity contribution in [3.8, 4) is 0 Å². The summed E-state index contributed by atoms with van der Waals surface area (Å²) in [5.41, 5.74) is 0. The predicted octanol–water partition coefficient (Wildman–Crippen LogP) is -0.272. The maximum Gasteiger partial charge on any atom is 0.151 e. The van der Waals surface area contributed by atoms with Gasteiger partial charge in [-0.3, -0.25) is 0 Å². The summed E-state index contributed by atoms with van der Waals surface area (Å²) in [7, 11) is -1.07. The van der Waals surface area contributed by atoms with E-state index in [9.17, 15) is 8.42 Å². The standard InChI is InChI=1S/C9H18N4O2S/c1-4-16(14,15)6-8(2)10-5-9-12-11-7-13(9)3/h7-8,10H,4-6H2,1-3H3. The molecule has 0 saturated heterocycles. The molecule has 0 radical (unpaired) electrons. The fraction of sp³-hybridized carbons (Fsp3) is 0.778. The van der Waals surface area contributed by atoms with Gasteiger partial charge in [0, 0.05) is 18.8 Å². The van der Waals surface area contributed by atoms with Crippen LogP contribution in [0.5, 0.6) is 0 Å². The summed E-state index contributed by atoms with van der Waals surface area (Å²) in [6.45, 7) is 4.03. The first kappa shape index (κ1) is 13.1. The number of aryl methyl sites for hydroxylation is 1. The van der Waals surface area contributed by atoms with Gasteiger partial charge in [-0.15, -0.1) is 10.2 Å². The molecule has 0 aromatic carbocycles. The van der Waals surface area contributed by atoms with E-state index in [4.69, 9.17) is 0 Å². The highest BCUT2D eigenvalue weighted by Crippen LogP contribution is 1.97. The molecule has 0 fully saturated rings. The Morgan fingerprint density at radius 1 is 1.56 bits per heavy atom. The van der Waals surface area contributed by atoms with Crippen LogP contribution in [0.15, 0.2) is 6.33 Å². The van der Waals surface area contributed by atoms with Gasteiger partial charge in [0.05, 0.1) is 12.3 Å². The second kappa shape index (κ2) is 5.40. The highest BCUT2D eigenvalue weighted by atomic mass is 32.2. The van der Waals surface area contributed by atoms with Crippen molar-refractivity contribution in [3.05, 3.63) is 12.2 Å². The first-order valence-electron chi connectivity index (χ1n) is 5.21. The van der Waals surface area contributed by atoms with Crippen molar-refractivity contribution in [2.45, 2.75) is 26.4 Å². The molecule has 16 heavy (non-hydrogen) atoms. The van der Waals surface area contributed by atoms with Gasteiger partial charge in [-0.2, -0.15) is 0 Å². The quantitative estimate of drug-likeness (QED) is 0.747. The average molecular weight is 246 g/mol. The molecule has 0 aliphatic heterocycles. The van der Waals surface area contributed by atoms with Crippen molar-refractivity contribution in [1.82, 2.24) is 20.1 Å². The van der Waals surface area contributed by atoms with Crippen LogP contribution in [0.4, 0.5) is 0 Å². The zero-order chi connectivity index (χ0) is 12.2. The van der Waals surface area contributed by atoms with Crippen LogP contribution >= 0.6 is 0 Å². The molecule has 7 heteroatoms. The van der Waals surface area contributed by atoms with Gasteiger partial charge in [0.25, 0.3) is 0 Å². The van der Waals surface area contributed by atoms with Gasteiger partial charge in [0.15, 0.2) is 9.84 Å². The summed E-state index contributed by atoms with van der Waals surface area (Å²) in [5, 5.41) is 10.8. The third-order valence-electron chi connectivity index (χ3n) is 2.36. The highest BCUT2D eigenvalue weighted by molar-refractivity contribution is 7.91. The molecule has 0 saturated carbocycles. The lowest BCUT2D eigenvalue weighted by molar-refractivity contribution is 0.542. The van der Waals surface area contributed by atoms with Crippen molar-refractivity contribution in [2.24, 2.45) is 7.05 Å². The van der Waals surface area contributed by atoms with Crippen LogP contribution in [0.2, 0.25) is 0 Å². The largest absolute Gasteiger partial charge is 0.320 e. The molecule has 0 amide bonds. The van der Waals surface area contributed by atoms with Crippen LogP contribution in [0.1, 0.15) is 19.7 Å². The summed E-state index contributed by atoms with van der Waals surface area (Å²) in [6.07, 6.45) is 1.62. The third-order valence-corrected chi connectivity index (χ3v) is 4.25. The van der Waals surface area contributed by atoms with Crippen molar-refractivity contribution < 1.29 is 8.42 Å². The van der Waals surface area contributed by atoms with Crippen molar-refractivity contribution in [3.63, 3.8) is 0 Å². The van der Waals surface area contributed by atoms with Gasteiger partial charge in [-0.25, -0.2) is 8.42 Å². The molecule has 1 aromatic heterocycles. The van der Waals surface area contributed by atoms with E-state index in [1.807, 2.05) is 14.0 Å². The lowest BCUT2D eigenvalue weighted by Crippen LogP contribution is -2.33. The Balaban J connectivity index is 2.42. The number of sulfone groups is 1. The van der Waals surface area contributed by atoms with E-state index >= 15 is 0 Å². The number of hydrogen-bond donors (Lipinski definition) is 1. The van der Waals surface area contributed by atoms with Crippen LogP contribution in [-0.4, -0.2) is 40.7 Å². The molecule has 6 nitrogen and oxygen atoms in total. The van der Waals surface area contributed by atoms with Gasteiger partial charge in [-0.05, 0) is 6.92 Å². The maximum atomic E-state index is 11.4.